The summed E-state index contributed by atoms with van der Waals surface area (Å²) in [6.45, 7) is 0.971. The van der Waals surface area contributed by atoms with Crippen LogP contribution in [-0.2, 0) is 13.0 Å². The van der Waals surface area contributed by atoms with Gasteiger partial charge in [-0.25, -0.2) is 4.98 Å². The predicted octanol–water partition coefficient (Wildman–Crippen LogP) is 3.13. The maximum Gasteiger partial charge on any atom is 0.275 e. The highest BCUT2D eigenvalue weighted by Gasteiger charge is 2.22. The molecule has 1 N–H and O–H groups in total. The molecule has 1 fully saturated rings. The molecule has 0 unspecified atom stereocenters. The molecule has 5 rings (SSSR count). The number of rotatable bonds is 4. The van der Waals surface area contributed by atoms with Gasteiger partial charge in [0.05, 0.1) is 29.7 Å². The zero-order chi connectivity index (χ0) is 16.8. The van der Waals surface area contributed by atoms with Gasteiger partial charge in [-0.3, -0.25) is 14.2 Å². The fourth-order valence-electron chi connectivity index (χ4n) is 3.39. The van der Waals surface area contributed by atoms with E-state index >= 15 is 0 Å². The van der Waals surface area contributed by atoms with Crippen molar-refractivity contribution in [3.05, 3.63) is 35.4 Å². The van der Waals surface area contributed by atoms with Gasteiger partial charge in [-0.1, -0.05) is 0 Å². The SMILES string of the molecule is O=C(Nc1cnn(C2CCC2)c1)c1csc(-c2cnn3c2CCC3)n1. The molecule has 25 heavy (non-hydrogen) atoms. The Kier molecular flexibility index (Phi) is 3.44. The molecule has 0 atom stereocenters. The number of hydrogen-bond acceptors (Lipinski definition) is 5. The maximum atomic E-state index is 12.5. The first-order valence-corrected chi connectivity index (χ1v) is 9.52. The summed E-state index contributed by atoms with van der Waals surface area (Å²) in [7, 11) is 0. The van der Waals surface area contributed by atoms with E-state index in [1.54, 1.807) is 11.6 Å². The van der Waals surface area contributed by atoms with E-state index in [2.05, 4.69) is 20.5 Å². The number of anilines is 1. The standard InChI is InChI=1S/C17H18N6OS/c24-16(20-11-7-18-23(9-11)12-3-1-4-12)14-10-25-17(21-14)13-8-19-22-6-2-5-15(13)22/h7-10,12H,1-6H2,(H,20,24). The predicted molar refractivity (Wildman–Crippen MR) is 94.7 cm³/mol. The molecule has 3 aromatic heterocycles. The quantitative estimate of drug-likeness (QED) is 0.781. The number of carbonyl (C=O) groups is 1. The lowest BCUT2D eigenvalue weighted by Crippen LogP contribution is -2.17. The van der Waals surface area contributed by atoms with E-state index in [1.807, 2.05) is 21.8 Å². The topological polar surface area (TPSA) is 77.6 Å². The Morgan fingerprint density at radius 3 is 3.00 bits per heavy atom. The number of thiazole rings is 1. The second kappa shape index (κ2) is 5.80. The number of carbonyl (C=O) groups excluding carboxylic acids is 1. The Balaban J connectivity index is 1.32. The third-order valence-electron chi connectivity index (χ3n) is 5.01. The zero-order valence-corrected chi connectivity index (χ0v) is 14.5. The lowest BCUT2D eigenvalue weighted by Gasteiger charge is -2.25. The van der Waals surface area contributed by atoms with E-state index in [4.69, 9.17) is 0 Å². The van der Waals surface area contributed by atoms with Crippen LogP contribution in [0.25, 0.3) is 10.6 Å². The molecule has 1 aliphatic carbocycles. The largest absolute Gasteiger partial charge is 0.318 e. The highest BCUT2D eigenvalue weighted by atomic mass is 32.1. The van der Waals surface area contributed by atoms with Crippen molar-refractivity contribution in [2.24, 2.45) is 0 Å². The lowest BCUT2D eigenvalue weighted by atomic mass is 9.93. The average Bonchev–Trinajstić information content (AvgIpc) is 3.29. The van der Waals surface area contributed by atoms with Gasteiger partial charge in [0.2, 0.25) is 0 Å². The van der Waals surface area contributed by atoms with Crippen molar-refractivity contribution in [3.63, 3.8) is 0 Å². The van der Waals surface area contributed by atoms with Crippen LogP contribution in [0.2, 0.25) is 0 Å². The Morgan fingerprint density at radius 2 is 2.16 bits per heavy atom. The van der Waals surface area contributed by atoms with E-state index in [0.29, 0.717) is 11.7 Å². The summed E-state index contributed by atoms with van der Waals surface area (Å²) in [5.74, 6) is -0.195. The summed E-state index contributed by atoms with van der Waals surface area (Å²) in [5.41, 5.74) is 3.44. The summed E-state index contributed by atoms with van der Waals surface area (Å²) in [5, 5.41) is 14.3. The smallest absolute Gasteiger partial charge is 0.275 e. The molecule has 1 saturated carbocycles. The summed E-state index contributed by atoms with van der Waals surface area (Å²) >= 11 is 1.49. The molecule has 0 aromatic carbocycles. The number of fused-ring (bicyclic) bond motifs is 1. The first kappa shape index (κ1) is 14.8. The number of amides is 1. The molecule has 0 bridgehead atoms. The minimum Gasteiger partial charge on any atom is -0.318 e. The van der Waals surface area contributed by atoms with E-state index in [0.717, 1.165) is 35.6 Å². The highest BCUT2D eigenvalue weighted by Crippen LogP contribution is 2.32. The van der Waals surface area contributed by atoms with Gasteiger partial charge in [0.15, 0.2) is 0 Å². The number of hydrogen-bond donors (Lipinski definition) is 1. The average molecular weight is 354 g/mol. The van der Waals surface area contributed by atoms with Crippen molar-refractivity contribution in [2.45, 2.75) is 44.7 Å². The van der Waals surface area contributed by atoms with Crippen LogP contribution < -0.4 is 5.32 Å². The number of nitrogens with zero attached hydrogens (tertiary/aromatic N) is 5. The normalized spacial score (nSPS) is 16.6. The minimum absolute atomic E-state index is 0.195. The molecule has 2 aliphatic rings. The molecular formula is C17H18N6OS. The van der Waals surface area contributed by atoms with Crippen LogP contribution in [0.4, 0.5) is 5.69 Å². The molecule has 1 amide bonds. The fraction of sp³-hybridized carbons (Fsp3) is 0.412. The third kappa shape index (κ3) is 2.57. The molecule has 3 aromatic rings. The van der Waals surface area contributed by atoms with Crippen LogP contribution in [0, 0.1) is 0 Å². The molecular weight excluding hydrogens is 336 g/mol. The van der Waals surface area contributed by atoms with E-state index in [-0.39, 0.29) is 5.91 Å². The van der Waals surface area contributed by atoms with Crippen molar-refractivity contribution in [1.29, 1.82) is 0 Å². The fourth-order valence-corrected chi connectivity index (χ4v) is 4.22. The van der Waals surface area contributed by atoms with Gasteiger partial charge in [-0.15, -0.1) is 11.3 Å². The zero-order valence-electron chi connectivity index (χ0n) is 13.7. The summed E-state index contributed by atoms with van der Waals surface area (Å²) < 4.78 is 3.98. The van der Waals surface area contributed by atoms with Crippen molar-refractivity contribution >= 4 is 22.9 Å². The summed E-state index contributed by atoms with van der Waals surface area (Å²) in [4.78, 5) is 17.0. The molecule has 0 spiro atoms. The summed E-state index contributed by atoms with van der Waals surface area (Å²) in [6, 6.07) is 0.487. The number of aromatic nitrogens is 5. The van der Waals surface area contributed by atoms with Gasteiger partial charge < -0.3 is 5.32 Å². The minimum atomic E-state index is -0.195. The maximum absolute atomic E-state index is 12.5. The van der Waals surface area contributed by atoms with Crippen molar-refractivity contribution < 1.29 is 4.79 Å². The van der Waals surface area contributed by atoms with Gasteiger partial charge >= 0.3 is 0 Å². The summed E-state index contributed by atoms with van der Waals surface area (Å²) in [6.07, 6.45) is 11.2. The van der Waals surface area contributed by atoms with E-state index in [9.17, 15) is 4.79 Å². The molecule has 4 heterocycles. The van der Waals surface area contributed by atoms with Crippen LogP contribution in [0.3, 0.4) is 0 Å². The van der Waals surface area contributed by atoms with E-state index < -0.39 is 0 Å². The first-order valence-electron chi connectivity index (χ1n) is 8.64. The van der Waals surface area contributed by atoms with Crippen LogP contribution in [0.15, 0.2) is 24.0 Å². The van der Waals surface area contributed by atoms with Crippen molar-refractivity contribution in [1.82, 2.24) is 24.5 Å². The van der Waals surface area contributed by atoms with Crippen molar-refractivity contribution in [3.8, 4) is 10.6 Å². The van der Waals surface area contributed by atoms with Gasteiger partial charge in [0.1, 0.15) is 10.7 Å². The second-order valence-corrected chi connectivity index (χ2v) is 7.48. The number of aryl methyl sites for hydroxylation is 1. The van der Waals surface area contributed by atoms with Crippen LogP contribution in [0.1, 0.15) is 47.9 Å². The monoisotopic (exact) mass is 354 g/mol. The Morgan fingerprint density at radius 1 is 1.24 bits per heavy atom. The third-order valence-corrected chi connectivity index (χ3v) is 5.88. The molecule has 0 saturated heterocycles. The molecule has 0 radical (unpaired) electrons. The molecule has 8 heteroatoms. The van der Waals surface area contributed by atoms with Crippen LogP contribution >= 0.6 is 11.3 Å². The van der Waals surface area contributed by atoms with Gasteiger partial charge in [-0.05, 0) is 32.1 Å². The Hall–Kier alpha value is -2.48. The molecule has 128 valence electrons. The first-order chi connectivity index (χ1) is 12.3. The highest BCUT2D eigenvalue weighted by molar-refractivity contribution is 7.13. The Labute approximate surface area is 148 Å². The molecule has 1 aliphatic heterocycles. The Bertz CT molecular complexity index is 935. The second-order valence-electron chi connectivity index (χ2n) is 6.62. The number of nitrogens with one attached hydrogen (secondary N) is 1. The lowest BCUT2D eigenvalue weighted by molar-refractivity contribution is 0.102. The van der Waals surface area contributed by atoms with E-state index in [1.165, 1.54) is 36.3 Å². The van der Waals surface area contributed by atoms with Crippen LogP contribution in [-0.4, -0.2) is 30.5 Å². The van der Waals surface area contributed by atoms with Crippen molar-refractivity contribution in [2.75, 3.05) is 5.32 Å². The van der Waals surface area contributed by atoms with Crippen LogP contribution in [0.5, 0.6) is 0 Å². The van der Waals surface area contributed by atoms with Gasteiger partial charge in [0, 0.05) is 23.8 Å². The van der Waals surface area contributed by atoms with Gasteiger partial charge in [0.25, 0.3) is 5.91 Å². The van der Waals surface area contributed by atoms with Gasteiger partial charge in [-0.2, -0.15) is 10.2 Å². The molecule has 7 nitrogen and oxygen atoms in total.